The number of carbonyl (C=O) groups excluding carboxylic acids is 1. The molecule has 5 nitrogen and oxygen atoms in total. The van der Waals surface area contributed by atoms with Crippen molar-refractivity contribution >= 4 is 5.91 Å². The number of hydrogen-bond donors (Lipinski definition) is 4. The van der Waals surface area contributed by atoms with Gasteiger partial charge in [-0.05, 0) is 38.5 Å². The summed E-state index contributed by atoms with van der Waals surface area (Å²) in [6.45, 7) is 4.19. The lowest BCUT2D eigenvalue weighted by Gasteiger charge is -2.26. The minimum atomic E-state index is -1.13. The number of aliphatic hydroxyl groups is 3. The van der Waals surface area contributed by atoms with E-state index in [1.165, 1.54) is 180 Å². The Hall–Kier alpha value is -0.910. The zero-order valence-corrected chi connectivity index (χ0v) is 33.8. The number of allylic oxidation sites excluding steroid dienone is 2. The molecule has 5 heteroatoms. The lowest BCUT2D eigenvalue weighted by Crippen LogP contribution is -2.50. The first-order chi connectivity index (χ1) is 24.6. The van der Waals surface area contributed by atoms with Gasteiger partial charge in [-0.15, -0.1) is 0 Å². The molecule has 0 aromatic heterocycles. The minimum Gasteiger partial charge on any atom is -0.394 e. The Labute approximate surface area is 312 Å². The summed E-state index contributed by atoms with van der Waals surface area (Å²) < 4.78 is 0. The van der Waals surface area contributed by atoms with Crippen LogP contribution in [0.25, 0.3) is 0 Å². The lowest BCUT2D eigenvalue weighted by molar-refractivity contribution is -0.124. The normalized spacial score (nSPS) is 13.6. The Balaban J connectivity index is 3.61. The third kappa shape index (κ3) is 35.5. The van der Waals surface area contributed by atoms with E-state index in [0.717, 1.165) is 38.5 Å². The Morgan fingerprint density at radius 2 is 0.800 bits per heavy atom. The number of amides is 1. The molecule has 3 unspecified atom stereocenters. The van der Waals surface area contributed by atoms with Crippen LogP contribution in [0.1, 0.15) is 245 Å². The third-order valence-corrected chi connectivity index (χ3v) is 10.6. The van der Waals surface area contributed by atoms with Gasteiger partial charge in [-0.1, -0.05) is 212 Å². The van der Waals surface area contributed by atoms with Crippen molar-refractivity contribution < 1.29 is 20.1 Å². The summed E-state index contributed by atoms with van der Waals surface area (Å²) in [5.74, 6) is -0.146. The van der Waals surface area contributed by atoms with Gasteiger partial charge in [0.15, 0.2) is 0 Å². The van der Waals surface area contributed by atoms with Gasteiger partial charge in [0, 0.05) is 6.42 Å². The van der Waals surface area contributed by atoms with Gasteiger partial charge < -0.3 is 20.6 Å². The van der Waals surface area contributed by atoms with E-state index in [0.29, 0.717) is 12.8 Å². The van der Waals surface area contributed by atoms with Crippen LogP contribution >= 0.6 is 0 Å². The molecule has 0 saturated carbocycles. The first-order valence-corrected chi connectivity index (χ1v) is 22.5. The van der Waals surface area contributed by atoms with Crippen LogP contribution in [0.2, 0.25) is 0 Å². The second-order valence-corrected chi connectivity index (χ2v) is 15.6. The predicted octanol–water partition coefficient (Wildman–Crippen LogP) is 12.8. The zero-order chi connectivity index (χ0) is 36.6. The van der Waals surface area contributed by atoms with Crippen molar-refractivity contribution in [2.75, 3.05) is 6.61 Å². The lowest BCUT2D eigenvalue weighted by atomic mass is 9.99. The van der Waals surface area contributed by atoms with Crippen molar-refractivity contribution in [2.24, 2.45) is 0 Å². The van der Waals surface area contributed by atoms with Crippen molar-refractivity contribution in [1.82, 2.24) is 5.32 Å². The van der Waals surface area contributed by atoms with Crippen LogP contribution in [0.3, 0.4) is 0 Å². The zero-order valence-electron chi connectivity index (χ0n) is 33.8. The fraction of sp³-hybridized carbons (Fsp3) is 0.933. The molecule has 4 N–H and O–H groups in total. The Bertz CT molecular complexity index is 699. The van der Waals surface area contributed by atoms with Crippen LogP contribution in [-0.4, -0.2) is 46.1 Å². The molecule has 50 heavy (non-hydrogen) atoms. The quantitative estimate of drug-likeness (QED) is 0.0376. The molecule has 0 aromatic carbocycles. The van der Waals surface area contributed by atoms with E-state index >= 15 is 0 Å². The van der Waals surface area contributed by atoms with Crippen molar-refractivity contribution in [3.05, 3.63) is 12.2 Å². The van der Waals surface area contributed by atoms with Crippen molar-refractivity contribution in [3.63, 3.8) is 0 Å². The third-order valence-electron chi connectivity index (χ3n) is 10.6. The van der Waals surface area contributed by atoms with E-state index < -0.39 is 18.2 Å². The monoisotopic (exact) mass is 708 g/mol. The van der Waals surface area contributed by atoms with Gasteiger partial charge in [0.05, 0.1) is 18.8 Å². The standard InChI is InChI=1S/C45H89NO4/c1-3-5-7-9-11-13-15-17-19-21-22-23-24-26-28-30-32-34-36-38-40-44(49)46-42(41-47)45(50)43(48)39-37-35-33-31-29-27-25-20-18-16-14-12-10-8-6-4-2/h22-23,42-43,45,47-48,50H,3-21,24-41H2,1-2H3,(H,46,49)/b23-22-. The Morgan fingerprint density at radius 1 is 0.480 bits per heavy atom. The summed E-state index contributed by atoms with van der Waals surface area (Å²) in [6.07, 6.45) is 47.4. The summed E-state index contributed by atoms with van der Waals surface area (Å²) in [5, 5.41) is 33.6. The van der Waals surface area contributed by atoms with E-state index in [1.54, 1.807) is 0 Å². The number of aliphatic hydroxyl groups excluding tert-OH is 3. The van der Waals surface area contributed by atoms with Gasteiger partial charge in [-0.2, -0.15) is 0 Å². The number of rotatable bonds is 41. The van der Waals surface area contributed by atoms with Crippen LogP contribution in [0, 0.1) is 0 Å². The molecule has 0 rings (SSSR count). The van der Waals surface area contributed by atoms with Crippen molar-refractivity contribution in [3.8, 4) is 0 Å². The van der Waals surface area contributed by atoms with Crippen LogP contribution in [-0.2, 0) is 4.79 Å². The highest BCUT2D eigenvalue weighted by Gasteiger charge is 2.26. The van der Waals surface area contributed by atoms with Crippen molar-refractivity contribution in [2.45, 2.75) is 263 Å². The van der Waals surface area contributed by atoms with E-state index in [2.05, 4.69) is 31.3 Å². The topological polar surface area (TPSA) is 89.8 Å². The molecule has 0 aromatic rings. The predicted molar refractivity (Wildman–Crippen MR) is 218 cm³/mol. The molecular formula is C45H89NO4. The minimum absolute atomic E-state index is 0.146. The van der Waals surface area contributed by atoms with Crippen LogP contribution < -0.4 is 5.32 Å². The maximum Gasteiger partial charge on any atom is 0.220 e. The molecule has 0 fully saturated rings. The molecule has 0 saturated heterocycles. The fourth-order valence-electron chi connectivity index (χ4n) is 7.10. The van der Waals surface area contributed by atoms with Crippen molar-refractivity contribution in [1.29, 1.82) is 0 Å². The summed E-state index contributed by atoms with van der Waals surface area (Å²) in [6, 6.07) is -0.808. The molecule has 0 spiro atoms. The highest BCUT2D eigenvalue weighted by Crippen LogP contribution is 2.16. The van der Waals surface area contributed by atoms with Gasteiger partial charge in [0.1, 0.15) is 6.10 Å². The maximum atomic E-state index is 12.4. The van der Waals surface area contributed by atoms with E-state index in [-0.39, 0.29) is 12.5 Å². The van der Waals surface area contributed by atoms with Crippen LogP contribution in [0.15, 0.2) is 12.2 Å². The Kier molecular flexibility index (Phi) is 40.1. The molecule has 0 aliphatic heterocycles. The summed E-state index contributed by atoms with van der Waals surface area (Å²) in [4.78, 5) is 12.4. The number of unbranched alkanes of at least 4 members (excludes halogenated alkanes) is 31. The highest BCUT2D eigenvalue weighted by molar-refractivity contribution is 5.76. The molecule has 0 aliphatic carbocycles. The van der Waals surface area contributed by atoms with E-state index in [1.807, 2.05) is 0 Å². The fourth-order valence-corrected chi connectivity index (χ4v) is 7.10. The summed E-state index contributed by atoms with van der Waals surface area (Å²) >= 11 is 0. The Morgan fingerprint density at radius 3 is 1.16 bits per heavy atom. The SMILES string of the molecule is CCCCCCCCCCC/C=C\CCCCCCCCCC(=O)NC(CO)C(O)C(O)CCCCCCCCCCCCCCCCCC. The van der Waals surface area contributed by atoms with Gasteiger partial charge in [-0.25, -0.2) is 0 Å². The molecule has 0 bridgehead atoms. The largest absolute Gasteiger partial charge is 0.394 e. The average molecular weight is 708 g/mol. The van der Waals surface area contributed by atoms with Crippen LogP contribution in [0.5, 0.6) is 0 Å². The van der Waals surface area contributed by atoms with Gasteiger partial charge >= 0.3 is 0 Å². The van der Waals surface area contributed by atoms with E-state index in [9.17, 15) is 20.1 Å². The number of carbonyl (C=O) groups is 1. The molecule has 3 atom stereocenters. The molecule has 0 aliphatic rings. The van der Waals surface area contributed by atoms with E-state index in [4.69, 9.17) is 0 Å². The smallest absolute Gasteiger partial charge is 0.220 e. The highest BCUT2D eigenvalue weighted by atomic mass is 16.3. The molecule has 1 amide bonds. The van der Waals surface area contributed by atoms with Crippen LogP contribution in [0.4, 0.5) is 0 Å². The van der Waals surface area contributed by atoms with Gasteiger partial charge in [0.25, 0.3) is 0 Å². The summed E-state index contributed by atoms with van der Waals surface area (Å²) in [5.41, 5.74) is 0. The molecule has 298 valence electrons. The number of hydrogen-bond acceptors (Lipinski definition) is 4. The first kappa shape index (κ1) is 49.1. The molecular weight excluding hydrogens is 618 g/mol. The van der Waals surface area contributed by atoms with Gasteiger partial charge in [0.2, 0.25) is 5.91 Å². The van der Waals surface area contributed by atoms with Gasteiger partial charge in [-0.3, -0.25) is 4.79 Å². The second-order valence-electron chi connectivity index (χ2n) is 15.6. The number of nitrogens with one attached hydrogen (secondary N) is 1. The maximum absolute atomic E-state index is 12.4. The molecule has 0 radical (unpaired) electrons. The summed E-state index contributed by atoms with van der Waals surface area (Å²) in [7, 11) is 0. The molecule has 0 heterocycles. The average Bonchev–Trinajstić information content (AvgIpc) is 3.12. The second kappa shape index (κ2) is 40.9. The first-order valence-electron chi connectivity index (χ1n) is 22.5.